The van der Waals surface area contributed by atoms with Gasteiger partial charge in [-0.2, -0.15) is 5.26 Å². The fourth-order valence-corrected chi connectivity index (χ4v) is 1.19. The van der Waals surface area contributed by atoms with E-state index in [0.29, 0.717) is 10.6 Å². The zero-order valence-corrected chi connectivity index (χ0v) is 8.92. The van der Waals surface area contributed by atoms with Crippen LogP contribution < -0.4 is 0 Å². The van der Waals surface area contributed by atoms with Crippen molar-refractivity contribution in [1.82, 2.24) is 4.90 Å². The summed E-state index contributed by atoms with van der Waals surface area (Å²) in [5.41, 5.74) is 1.50. The molecule has 0 heterocycles. The summed E-state index contributed by atoms with van der Waals surface area (Å²) in [6, 6.07) is 7.38. The Hall–Kier alpha value is -1.46. The third kappa shape index (κ3) is 2.79. The molecule has 0 saturated carbocycles. The highest BCUT2D eigenvalue weighted by Crippen LogP contribution is 2.17. The van der Waals surface area contributed by atoms with Gasteiger partial charge in [0.15, 0.2) is 0 Å². The highest BCUT2D eigenvalue weighted by Gasteiger charge is 1.98. The van der Waals surface area contributed by atoms with Crippen molar-refractivity contribution < 1.29 is 0 Å². The van der Waals surface area contributed by atoms with Crippen LogP contribution in [0.15, 0.2) is 24.4 Å². The Kier molecular flexibility index (Phi) is 3.55. The van der Waals surface area contributed by atoms with Crippen molar-refractivity contribution in [3.63, 3.8) is 0 Å². The van der Waals surface area contributed by atoms with Gasteiger partial charge in [-0.1, -0.05) is 17.7 Å². The fraction of sp³-hybridized carbons (Fsp3) is 0.182. The molecular formula is C11H11ClN2. The number of nitriles is 1. The SMILES string of the molecule is CN(C)/C=C/c1ccc(C#N)c(Cl)c1. The first-order valence-electron chi connectivity index (χ1n) is 4.18. The van der Waals surface area contributed by atoms with Gasteiger partial charge in [-0.15, -0.1) is 0 Å². The lowest BCUT2D eigenvalue weighted by Crippen LogP contribution is -1.99. The summed E-state index contributed by atoms with van der Waals surface area (Å²) < 4.78 is 0. The summed E-state index contributed by atoms with van der Waals surface area (Å²) in [5.74, 6) is 0. The van der Waals surface area contributed by atoms with Crippen molar-refractivity contribution in [3.05, 3.63) is 40.5 Å². The van der Waals surface area contributed by atoms with Crippen molar-refractivity contribution >= 4 is 17.7 Å². The smallest absolute Gasteiger partial charge is 0.101 e. The third-order valence-electron chi connectivity index (χ3n) is 1.68. The van der Waals surface area contributed by atoms with E-state index in [1.807, 2.05) is 43.4 Å². The van der Waals surface area contributed by atoms with Crippen LogP contribution in [-0.4, -0.2) is 19.0 Å². The Labute approximate surface area is 89.0 Å². The molecule has 0 amide bonds. The van der Waals surface area contributed by atoms with Crippen molar-refractivity contribution in [2.24, 2.45) is 0 Å². The highest BCUT2D eigenvalue weighted by molar-refractivity contribution is 6.31. The lowest BCUT2D eigenvalue weighted by atomic mass is 10.1. The first kappa shape index (κ1) is 10.6. The molecule has 1 aromatic rings. The van der Waals surface area contributed by atoms with Crippen LogP contribution in [0.4, 0.5) is 0 Å². The molecule has 0 fully saturated rings. The van der Waals surface area contributed by atoms with Crippen LogP contribution in [0.2, 0.25) is 5.02 Å². The Morgan fingerprint density at radius 3 is 2.64 bits per heavy atom. The molecule has 0 unspecified atom stereocenters. The van der Waals surface area contributed by atoms with E-state index in [-0.39, 0.29) is 0 Å². The van der Waals surface area contributed by atoms with Crippen molar-refractivity contribution in [2.75, 3.05) is 14.1 Å². The number of nitrogens with zero attached hydrogens (tertiary/aromatic N) is 2. The maximum Gasteiger partial charge on any atom is 0.101 e. The molecule has 0 N–H and O–H groups in total. The molecule has 0 saturated heterocycles. The minimum Gasteiger partial charge on any atom is -0.383 e. The van der Waals surface area contributed by atoms with E-state index in [9.17, 15) is 0 Å². The zero-order valence-electron chi connectivity index (χ0n) is 8.16. The first-order valence-corrected chi connectivity index (χ1v) is 4.55. The van der Waals surface area contributed by atoms with Gasteiger partial charge in [-0.05, 0) is 30.0 Å². The monoisotopic (exact) mass is 206 g/mol. The lowest BCUT2D eigenvalue weighted by Gasteiger charge is -2.03. The molecule has 0 spiro atoms. The van der Waals surface area contributed by atoms with E-state index < -0.39 is 0 Å². The number of hydrogen-bond acceptors (Lipinski definition) is 2. The second-order valence-corrected chi connectivity index (χ2v) is 3.54. The summed E-state index contributed by atoms with van der Waals surface area (Å²) >= 11 is 5.87. The summed E-state index contributed by atoms with van der Waals surface area (Å²) in [4.78, 5) is 1.94. The predicted molar refractivity (Wildman–Crippen MR) is 58.9 cm³/mol. The standard InChI is InChI=1S/C11H11ClN2/c1-14(2)6-5-9-3-4-10(8-13)11(12)7-9/h3-7H,1-2H3/b6-5+. The van der Waals surface area contributed by atoms with Crippen LogP contribution in [-0.2, 0) is 0 Å². The van der Waals surface area contributed by atoms with Gasteiger partial charge >= 0.3 is 0 Å². The normalized spacial score (nSPS) is 10.1. The molecular weight excluding hydrogens is 196 g/mol. The number of benzene rings is 1. The summed E-state index contributed by atoms with van der Waals surface area (Å²) in [6.07, 6.45) is 3.87. The van der Waals surface area contributed by atoms with Crippen LogP contribution in [0.1, 0.15) is 11.1 Å². The Bertz CT molecular complexity index is 389. The van der Waals surface area contributed by atoms with Crippen LogP contribution in [0.25, 0.3) is 6.08 Å². The van der Waals surface area contributed by atoms with Gasteiger partial charge in [0.1, 0.15) is 6.07 Å². The van der Waals surface area contributed by atoms with Gasteiger partial charge in [-0.3, -0.25) is 0 Å². The maximum absolute atomic E-state index is 8.67. The molecule has 14 heavy (non-hydrogen) atoms. The van der Waals surface area contributed by atoms with Crippen LogP contribution >= 0.6 is 11.6 Å². The molecule has 0 aliphatic heterocycles. The number of hydrogen-bond donors (Lipinski definition) is 0. The van der Waals surface area contributed by atoms with Gasteiger partial charge in [0.05, 0.1) is 10.6 Å². The largest absolute Gasteiger partial charge is 0.383 e. The number of halogens is 1. The molecule has 0 aromatic heterocycles. The Balaban J connectivity index is 2.93. The fourth-order valence-electron chi connectivity index (χ4n) is 0.961. The summed E-state index contributed by atoms with van der Waals surface area (Å²) in [6.45, 7) is 0. The Morgan fingerprint density at radius 1 is 1.43 bits per heavy atom. The minimum absolute atomic E-state index is 0.494. The van der Waals surface area contributed by atoms with E-state index in [2.05, 4.69) is 0 Å². The average molecular weight is 207 g/mol. The second-order valence-electron chi connectivity index (χ2n) is 3.13. The molecule has 1 rings (SSSR count). The van der Waals surface area contributed by atoms with Crippen molar-refractivity contribution in [2.45, 2.75) is 0 Å². The predicted octanol–water partition coefficient (Wildman–Crippen LogP) is 2.74. The summed E-state index contributed by atoms with van der Waals surface area (Å²) in [5, 5.41) is 9.16. The van der Waals surface area contributed by atoms with Gasteiger partial charge in [-0.25, -0.2) is 0 Å². The quantitative estimate of drug-likeness (QED) is 0.744. The van der Waals surface area contributed by atoms with Crippen LogP contribution in [0.5, 0.6) is 0 Å². The van der Waals surface area contributed by atoms with Gasteiger partial charge in [0.25, 0.3) is 0 Å². The Morgan fingerprint density at radius 2 is 2.14 bits per heavy atom. The molecule has 0 bridgehead atoms. The van der Waals surface area contributed by atoms with Crippen LogP contribution in [0.3, 0.4) is 0 Å². The van der Waals surface area contributed by atoms with Crippen LogP contribution in [0, 0.1) is 11.3 Å². The maximum atomic E-state index is 8.67. The second kappa shape index (κ2) is 4.69. The molecule has 0 aliphatic rings. The molecule has 3 heteroatoms. The molecule has 0 radical (unpaired) electrons. The van der Waals surface area contributed by atoms with E-state index >= 15 is 0 Å². The van der Waals surface area contributed by atoms with E-state index in [1.54, 1.807) is 12.1 Å². The highest BCUT2D eigenvalue weighted by atomic mass is 35.5. The topological polar surface area (TPSA) is 27.0 Å². The zero-order chi connectivity index (χ0) is 10.6. The summed E-state index contributed by atoms with van der Waals surface area (Å²) in [7, 11) is 3.89. The van der Waals surface area contributed by atoms with Crippen molar-refractivity contribution in [3.8, 4) is 6.07 Å². The average Bonchev–Trinajstić information content (AvgIpc) is 2.15. The van der Waals surface area contributed by atoms with E-state index in [4.69, 9.17) is 16.9 Å². The molecule has 0 atom stereocenters. The minimum atomic E-state index is 0.494. The molecule has 2 nitrogen and oxygen atoms in total. The van der Waals surface area contributed by atoms with Gasteiger partial charge in [0.2, 0.25) is 0 Å². The first-order chi connectivity index (χ1) is 6.63. The van der Waals surface area contributed by atoms with E-state index in [0.717, 1.165) is 5.56 Å². The lowest BCUT2D eigenvalue weighted by molar-refractivity contribution is 0.567. The van der Waals surface area contributed by atoms with Gasteiger partial charge in [0, 0.05) is 14.1 Å². The third-order valence-corrected chi connectivity index (χ3v) is 1.99. The molecule has 72 valence electrons. The van der Waals surface area contributed by atoms with Gasteiger partial charge < -0.3 is 4.90 Å². The molecule has 1 aromatic carbocycles. The molecule has 0 aliphatic carbocycles. The van der Waals surface area contributed by atoms with E-state index in [1.165, 1.54) is 0 Å². The van der Waals surface area contributed by atoms with Crippen molar-refractivity contribution in [1.29, 1.82) is 5.26 Å². The number of rotatable bonds is 2.